The molecule has 1 aliphatic heterocycles. The van der Waals surface area contributed by atoms with Gasteiger partial charge >= 0.3 is 0 Å². The van der Waals surface area contributed by atoms with Gasteiger partial charge in [0.1, 0.15) is 5.69 Å². The molecule has 0 bridgehead atoms. The lowest BCUT2D eigenvalue weighted by Gasteiger charge is -2.37. The average molecular weight is 470 g/mol. The van der Waals surface area contributed by atoms with Crippen LogP contribution in [0.3, 0.4) is 0 Å². The summed E-state index contributed by atoms with van der Waals surface area (Å²) in [5, 5.41) is 8.27. The standard InChI is InChI=1S/C17H32ClN5O6S/c1-30(24,25)15-12-22(13-15)14-16-17(18)23(21-20-16)3-5-27-7-9-29-11-10-28-8-6-26-4-2-19/h15H,2-14,19H2,1H3. The van der Waals surface area contributed by atoms with Crippen LogP contribution in [0.4, 0.5) is 0 Å². The van der Waals surface area contributed by atoms with E-state index in [0.29, 0.717) is 96.4 Å². The van der Waals surface area contributed by atoms with Gasteiger partial charge < -0.3 is 24.7 Å². The quantitative estimate of drug-likeness (QED) is 0.289. The van der Waals surface area contributed by atoms with Crippen LogP contribution in [0.1, 0.15) is 5.69 Å². The minimum absolute atomic E-state index is 0.302. The van der Waals surface area contributed by atoms with Crippen molar-refractivity contribution in [2.75, 3.05) is 78.7 Å². The zero-order chi connectivity index (χ0) is 21.8. The topological polar surface area (TPSA) is 131 Å². The fraction of sp³-hybridized carbons (Fsp3) is 0.882. The Hall–Kier alpha value is -0.860. The second kappa shape index (κ2) is 13.5. The molecular formula is C17H32ClN5O6S. The molecule has 0 aromatic carbocycles. The molecule has 0 unspecified atom stereocenters. The Morgan fingerprint density at radius 1 is 1.00 bits per heavy atom. The number of sulfone groups is 1. The highest BCUT2D eigenvalue weighted by molar-refractivity contribution is 7.91. The van der Waals surface area contributed by atoms with Crippen molar-refractivity contribution < 1.29 is 27.4 Å². The summed E-state index contributed by atoms with van der Waals surface area (Å²) < 4.78 is 46.0. The molecule has 1 aliphatic rings. The van der Waals surface area contributed by atoms with Crippen LogP contribution < -0.4 is 5.73 Å². The number of rotatable bonds is 17. The molecule has 174 valence electrons. The van der Waals surface area contributed by atoms with Crippen molar-refractivity contribution in [1.82, 2.24) is 19.9 Å². The first-order chi connectivity index (χ1) is 14.4. The van der Waals surface area contributed by atoms with Gasteiger partial charge in [0.25, 0.3) is 0 Å². The van der Waals surface area contributed by atoms with Crippen LogP contribution in [0.2, 0.25) is 5.15 Å². The number of nitrogens with zero attached hydrogens (tertiary/aromatic N) is 4. The molecular weight excluding hydrogens is 438 g/mol. The van der Waals surface area contributed by atoms with Crippen molar-refractivity contribution in [2.24, 2.45) is 5.73 Å². The minimum Gasteiger partial charge on any atom is -0.378 e. The zero-order valence-corrected chi connectivity index (χ0v) is 18.9. The van der Waals surface area contributed by atoms with Gasteiger partial charge in [-0.15, -0.1) is 5.10 Å². The fourth-order valence-electron chi connectivity index (χ4n) is 2.71. The summed E-state index contributed by atoms with van der Waals surface area (Å²) in [6.07, 6.45) is 1.26. The summed E-state index contributed by atoms with van der Waals surface area (Å²) in [4.78, 5) is 1.98. The highest BCUT2D eigenvalue weighted by Gasteiger charge is 2.35. The van der Waals surface area contributed by atoms with Crippen LogP contribution in [0.25, 0.3) is 0 Å². The molecule has 11 nitrogen and oxygen atoms in total. The normalized spacial score (nSPS) is 15.6. The molecule has 1 aromatic rings. The molecule has 1 saturated heterocycles. The third kappa shape index (κ3) is 9.10. The van der Waals surface area contributed by atoms with Gasteiger partial charge in [-0.3, -0.25) is 4.90 Å². The predicted molar refractivity (Wildman–Crippen MR) is 111 cm³/mol. The number of ether oxygens (including phenoxy) is 4. The third-order valence-corrected chi connectivity index (χ3v) is 6.39. The van der Waals surface area contributed by atoms with Crippen LogP contribution in [0, 0.1) is 0 Å². The molecule has 0 radical (unpaired) electrons. The first-order valence-electron chi connectivity index (χ1n) is 9.92. The Labute approximate surface area is 182 Å². The van der Waals surface area contributed by atoms with E-state index in [9.17, 15) is 8.42 Å². The van der Waals surface area contributed by atoms with Gasteiger partial charge in [-0.2, -0.15) is 0 Å². The Morgan fingerprint density at radius 3 is 2.07 bits per heavy atom. The molecule has 2 N–H and O–H groups in total. The number of halogens is 1. The molecule has 2 heterocycles. The molecule has 0 amide bonds. The van der Waals surface area contributed by atoms with Crippen molar-refractivity contribution in [3.63, 3.8) is 0 Å². The smallest absolute Gasteiger partial charge is 0.152 e. The zero-order valence-electron chi connectivity index (χ0n) is 17.4. The number of nitrogens with two attached hydrogens (primary N) is 1. The van der Waals surface area contributed by atoms with Crippen LogP contribution >= 0.6 is 11.6 Å². The SMILES string of the molecule is CS(=O)(=O)C1CN(Cc2nnn(CCOCCOCCOCCOCCN)c2Cl)C1. The van der Waals surface area contributed by atoms with E-state index in [1.54, 1.807) is 4.68 Å². The number of hydrogen-bond donors (Lipinski definition) is 1. The van der Waals surface area contributed by atoms with E-state index in [-0.39, 0.29) is 5.25 Å². The van der Waals surface area contributed by atoms with Crippen molar-refractivity contribution >= 4 is 21.4 Å². The Kier molecular flexibility index (Phi) is 11.5. The summed E-state index contributed by atoms with van der Waals surface area (Å²) in [7, 11) is -2.99. The molecule has 0 aliphatic carbocycles. The van der Waals surface area contributed by atoms with E-state index in [1.807, 2.05) is 4.90 Å². The summed E-state index contributed by atoms with van der Waals surface area (Å²) in [6.45, 7) is 6.44. The molecule has 2 rings (SSSR count). The highest BCUT2D eigenvalue weighted by Crippen LogP contribution is 2.21. The predicted octanol–water partition coefficient (Wildman–Crippen LogP) is -0.815. The van der Waals surface area contributed by atoms with E-state index in [1.165, 1.54) is 6.26 Å². The number of likely N-dealkylation sites (tertiary alicyclic amines) is 1. The lowest BCUT2D eigenvalue weighted by Crippen LogP contribution is -2.53. The number of hydrogen-bond acceptors (Lipinski definition) is 10. The molecule has 1 aromatic heterocycles. The monoisotopic (exact) mass is 469 g/mol. The van der Waals surface area contributed by atoms with E-state index in [4.69, 9.17) is 36.3 Å². The molecule has 30 heavy (non-hydrogen) atoms. The third-order valence-electron chi connectivity index (χ3n) is 4.47. The van der Waals surface area contributed by atoms with Crippen LogP contribution in [0.5, 0.6) is 0 Å². The van der Waals surface area contributed by atoms with E-state index in [0.717, 1.165) is 0 Å². The van der Waals surface area contributed by atoms with Crippen molar-refractivity contribution in [3.8, 4) is 0 Å². The average Bonchev–Trinajstić information content (AvgIpc) is 3.00. The van der Waals surface area contributed by atoms with Crippen LogP contribution in [-0.4, -0.2) is 112 Å². The maximum atomic E-state index is 11.5. The molecule has 0 spiro atoms. The van der Waals surface area contributed by atoms with Crippen LogP contribution in [-0.2, 0) is 41.9 Å². The highest BCUT2D eigenvalue weighted by atomic mass is 35.5. The van der Waals surface area contributed by atoms with Gasteiger partial charge in [0.2, 0.25) is 0 Å². The van der Waals surface area contributed by atoms with Gasteiger partial charge in [-0.25, -0.2) is 13.1 Å². The maximum Gasteiger partial charge on any atom is 0.152 e. The Balaban J connectivity index is 1.47. The molecule has 0 atom stereocenters. The maximum absolute atomic E-state index is 11.5. The van der Waals surface area contributed by atoms with Gasteiger partial charge in [0, 0.05) is 32.4 Å². The first-order valence-corrected chi connectivity index (χ1v) is 12.2. The van der Waals surface area contributed by atoms with Crippen LogP contribution in [0.15, 0.2) is 0 Å². The van der Waals surface area contributed by atoms with Gasteiger partial charge in [-0.1, -0.05) is 16.8 Å². The van der Waals surface area contributed by atoms with Crippen molar-refractivity contribution in [1.29, 1.82) is 0 Å². The lowest BCUT2D eigenvalue weighted by atomic mass is 10.2. The fourth-order valence-corrected chi connectivity index (χ4v) is 3.89. The van der Waals surface area contributed by atoms with E-state index < -0.39 is 9.84 Å². The van der Waals surface area contributed by atoms with Crippen molar-refractivity contribution in [3.05, 3.63) is 10.8 Å². The Morgan fingerprint density at radius 2 is 1.53 bits per heavy atom. The van der Waals surface area contributed by atoms with Gasteiger partial charge in [0.05, 0.1) is 64.6 Å². The second-order valence-electron chi connectivity index (χ2n) is 6.93. The summed E-state index contributed by atoms with van der Waals surface area (Å²) >= 11 is 6.31. The van der Waals surface area contributed by atoms with E-state index >= 15 is 0 Å². The molecule has 0 saturated carbocycles. The summed E-state index contributed by atoms with van der Waals surface area (Å²) in [5.41, 5.74) is 5.95. The molecule has 13 heteroatoms. The lowest BCUT2D eigenvalue weighted by molar-refractivity contribution is -0.00199. The van der Waals surface area contributed by atoms with Crippen molar-refractivity contribution in [2.45, 2.75) is 18.3 Å². The van der Waals surface area contributed by atoms with E-state index in [2.05, 4.69) is 10.3 Å². The summed E-state index contributed by atoms with van der Waals surface area (Å²) in [5.74, 6) is 0. The minimum atomic E-state index is -2.99. The van der Waals surface area contributed by atoms with Gasteiger partial charge in [-0.05, 0) is 0 Å². The summed E-state index contributed by atoms with van der Waals surface area (Å²) in [6, 6.07) is 0. The largest absolute Gasteiger partial charge is 0.378 e. The first kappa shape index (κ1) is 25.4. The second-order valence-corrected chi connectivity index (χ2v) is 9.62. The number of aromatic nitrogens is 3. The Bertz CT molecular complexity index is 713. The van der Waals surface area contributed by atoms with Gasteiger partial charge in [0.15, 0.2) is 15.0 Å². The molecule has 1 fully saturated rings.